The van der Waals surface area contributed by atoms with Gasteiger partial charge in [0, 0.05) is 23.6 Å². The Morgan fingerprint density at radius 3 is 2.67 bits per heavy atom. The predicted molar refractivity (Wildman–Crippen MR) is 73.4 cm³/mol. The standard InChI is InChI=1S/C16H18N2/c1-2-18-11-14(13-7-3-4-8-15(13)18)16(12-17)9-5-6-10-16/h3-4,7-8,11H,2,5-6,9-10H2,1H3. The fourth-order valence-corrected chi connectivity index (χ4v) is 3.31. The molecule has 3 rings (SSSR count). The SMILES string of the molecule is CCn1cc(C2(C#N)CCCC2)c2ccccc21. The van der Waals surface area contributed by atoms with Gasteiger partial charge < -0.3 is 4.57 Å². The minimum Gasteiger partial charge on any atom is -0.347 e. The highest BCUT2D eigenvalue weighted by molar-refractivity contribution is 5.85. The number of aromatic nitrogens is 1. The molecule has 92 valence electrons. The molecule has 1 fully saturated rings. The maximum Gasteiger partial charge on any atom is 0.0843 e. The van der Waals surface area contributed by atoms with Crippen LogP contribution in [-0.4, -0.2) is 4.57 Å². The van der Waals surface area contributed by atoms with Gasteiger partial charge in [0.2, 0.25) is 0 Å². The molecular formula is C16H18N2. The minimum absolute atomic E-state index is 0.236. The number of fused-ring (bicyclic) bond motifs is 1. The van der Waals surface area contributed by atoms with Gasteiger partial charge >= 0.3 is 0 Å². The van der Waals surface area contributed by atoms with Gasteiger partial charge in [-0.1, -0.05) is 31.0 Å². The van der Waals surface area contributed by atoms with Gasteiger partial charge in [-0.2, -0.15) is 5.26 Å². The molecule has 1 aromatic carbocycles. The smallest absolute Gasteiger partial charge is 0.0843 e. The third-order valence-corrected chi connectivity index (χ3v) is 4.32. The molecule has 0 amide bonds. The first-order valence-electron chi connectivity index (χ1n) is 6.80. The average Bonchev–Trinajstić information content (AvgIpc) is 3.03. The van der Waals surface area contributed by atoms with Gasteiger partial charge in [0.15, 0.2) is 0 Å². The van der Waals surface area contributed by atoms with Crippen molar-refractivity contribution in [3.8, 4) is 6.07 Å². The summed E-state index contributed by atoms with van der Waals surface area (Å²) in [7, 11) is 0. The highest BCUT2D eigenvalue weighted by atomic mass is 14.9. The van der Waals surface area contributed by atoms with E-state index in [0.717, 1.165) is 19.4 Å². The quantitative estimate of drug-likeness (QED) is 0.777. The molecular weight excluding hydrogens is 220 g/mol. The molecule has 0 saturated heterocycles. The van der Waals surface area contributed by atoms with Crippen LogP contribution in [0.4, 0.5) is 0 Å². The first-order chi connectivity index (χ1) is 8.80. The molecule has 0 atom stereocenters. The molecule has 1 aromatic heterocycles. The third kappa shape index (κ3) is 1.47. The van der Waals surface area contributed by atoms with Gasteiger partial charge in [-0.3, -0.25) is 0 Å². The molecule has 1 aliphatic rings. The highest BCUT2D eigenvalue weighted by Crippen LogP contribution is 2.43. The van der Waals surface area contributed by atoms with Crippen LogP contribution >= 0.6 is 0 Å². The molecule has 2 heteroatoms. The summed E-state index contributed by atoms with van der Waals surface area (Å²) >= 11 is 0. The summed E-state index contributed by atoms with van der Waals surface area (Å²) in [4.78, 5) is 0. The number of benzene rings is 1. The summed E-state index contributed by atoms with van der Waals surface area (Å²) in [6.07, 6.45) is 6.60. The van der Waals surface area contributed by atoms with Crippen LogP contribution in [0.1, 0.15) is 38.2 Å². The molecule has 1 saturated carbocycles. The number of aryl methyl sites for hydroxylation is 1. The van der Waals surface area contributed by atoms with E-state index in [2.05, 4.69) is 48.0 Å². The zero-order valence-electron chi connectivity index (χ0n) is 10.8. The summed E-state index contributed by atoms with van der Waals surface area (Å²) in [5.74, 6) is 0. The topological polar surface area (TPSA) is 28.7 Å². The second kappa shape index (κ2) is 4.17. The van der Waals surface area contributed by atoms with Gasteiger partial charge in [0.1, 0.15) is 0 Å². The summed E-state index contributed by atoms with van der Waals surface area (Å²) < 4.78 is 2.27. The predicted octanol–water partition coefficient (Wildman–Crippen LogP) is 4.00. The summed E-state index contributed by atoms with van der Waals surface area (Å²) in [6, 6.07) is 11.1. The second-order valence-corrected chi connectivity index (χ2v) is 5.25. The van der Waals surface area contributed by atoms with Gasteiger partial charge in [-0.25, -0.2) is 0 Å². The van der Waals surface area contributed by atoms with E-state index < -0.39 is 0 Å². The molecule has 18 heavy (non-hydrogen) atoms. The van der Waals surface area contributed by atoms with E-state index in [1.54, 1.807) is 0 Å². The van der Waals surface area contributed by atoms with E-state index in [1.807, 2.05) is 0 Å². The van der Waals surface area contributed by atoms with Crippen molar-refractivity contribution in [2.75, 3.05) is 0 Å². The number of rotatable bonds is 2. The molecule has 2 aromatic rings. The molecule has 0 radical (unpaired) electrons. The maximum atomic E-state index is 9.65. The zero-order chi connectivity index (χ0) is 12.6. The van der Waals surface area contributed by atoms with Gasteiger partial charge in [0.25, 0.3) is 0 Å². The molecule has 0 bridgehead atoms. The highest BCUT2D eigenvalue weighted by Gasteiger charge is 2.38. The lowest BCUT2D eigenvalue weighted by Crippen LogP contribution is -2.18. The first-order valence-corrected chi connectivity index (χ1v) is 6.80. The average molecular weight is 238 g/mol. The Balaban J connectivity index is 2.26. The molecule has 0 N–H and O–H groups in total. The minimum atomic E-state index is -0.236. The van der Waals surface area contributed by atoms with Crippen LogP contribution < -0.4 is 0 Å². The van der Waals surface area contributed by atoms with Crippen LogP contribution in [0.5, 0.6) is 0 Å². The number of nitriles is 1. The molecule has 2 nitrogen and oxygen atoms in total. The molecule has 0 aliphatic heterocycles. The van der Waals surface area contributed by atoms with Crippen molar-refractivity contribution in [2.45, 2.75) is 44.6 Å². The van der Waals surface area contributed by atoms with Gasteiger partial charge in [0.05, 0.1) is 11.5 Å². The lowest BCUT2D eigenvalue weighted by atomic mass is 9.80. The Labute approximate surface area is 108 Å². The van der Waals surface area contributed by atoms with E-state index in [0.29, 0.717) is 0 Å². The van der Waals surface area contributed by atoms with Crippen molar-refractivity contribution < 1.29 is 0 Å². The van der Waals surface area contributed by atoms with E-state index in [1.165, 1.54) is 29.3 Å². The molecule has 1 aliphatic carbocycles. The van der Waals surface area contributed by atoms with Gasteiger partial charge in [-0.05, 0) is 31.4 Å². The summed E-state index contributed by atoms with van der Waals surface area (Å²) in [5, 5.41) is 10.9. The van der Waals surface area contributed by atoms with Gasteiger partial charge in [-0.15, -0.1) is 0 Å². The molecule has 0 spiro atoms. The Hall–Kier alpha value is -1.75. The summed E-state index contributed by atoms with van der Waals surface area (Å²) in [5.41, 5.74) is 2.27. The van der Waals surface area contributed by atoms with E-state index in [4.69, 9.17) is 0 Å². The van der Waals surface area contributed by atoms with E-state index in [9.17, 15) is 5.26 Å². The van der Waals surface area contributed by atoms with Crippen molar-refractivity contribution in [3.63, 3.8) is 0 Å². The number of hydrogen-bond donors (Lipinski definition) is 0. The molecule has 1 heterocycles. The molecule has 0 unspecified atom stereocenters. The normalized spacial score (nSPS) is 18.0. The largest absolute Gasteiger partial charge is 0.347 e. The zero-order valence-corrected chi connectivity index (χ0v) is 10.8. The Kier molecular flexibility index (Phi) is 2.63. The van der Waals surface area contributed by atoms with Crippen LogP contribution in [0.15, 0.2) is 30.5 Å². The van der Waals surface area contributed by atoms with Crippen molar-refractivity contribution in [3.05, 3.63) is 36.0 Å². The van der Waals surface area contributed by atoms with Crippen molar-refractivity contribution in [2.24, 2.45) is 0 Å². The fourth-order valence-electron chi connectivity index (χ4n) is 3.31. The van der Waals surface area contributed by atoms with Crippen molar-refractivity contribution in [1.29, 1.82) is 5.26 Å². The van der Waals surface area contributed by atoms with Crippen LogP contribution in [0.2, 0.25) is 0 Å². The number of nitrogens with zero attached hydrogens (tertiary/aromatic N) is 2. The monoisotopic (exact) mass is 238 g/mol. The Morgan fingerprint density at radius 2 is 2.00 bits per heavy atom. The van der Waals surface area contributed by atoms with Crippen LogP contribution in [0.3, 0.4) is 0 Å². The van der Waals surface area contributed by atoms with E-state index in [-0.39, 0.29) is 5.41 Å². The second-order valence-electron chi connectivity index (χ2n) is 5.25. The van der Waals surface area contributed by atoms with Crippen LogP contribution in [-0.2, 0) is 12.0 Å². The first kappa shape index (κ1) is 11.3. The van der Waals surface area contributed by atoms with Crippen molar-refractivity contribution >= 4 is 10.9 Å². The Morgan fingerprint density at radius 1 is 1.28 bits per heavy atom. The third-order valence-electron chi connectivity index (χ3n) is 4.32. The number of para-hydroxylation sites is 1. The van der Waals surface area contributed by atoms with Crippen LogP contribution in [0, 0.1) is 11.3 Å². The van der Waals surface area contributed by atoms with E-state index >= 15 is 0 Å². The fraction of sp³-hybridized carbons (Fsp3) is 0.438. The lowest BCUT2D eigenvalue weighted by Gasteiger charge is -2.19. The van der Waals surface area contributed by atoms with Crippen molar-refractivity contribution in [1.82, 2.24) is 4.57 Å². The number of hydrogen-bond acceptors (Lipinski definition) is 1. The Bertz CT molecular complexity index is 610. The summed E-state index contributed by atoms with van der Waals surface area (Å²) in [6.45, 7) is 3.12. The van der Waals surface area contributed by atoms with Crippen LogP contribution in [0.25, 0.3) is 10.9 Å². The lowest BCUT2D eigenvalue weighted by molar-refractivity contribution is 0.574. The maximum absolute atomic E-state index is 9.65.